The number of benzene rings is 1. The fraction of sp³-hybridized carbons (Fsp3) is 0.182. The van der Waals surface area contributed by atoms with E-state index in [2.05, 4.69) is 0 Å². The number of hydrogen-bond acceptors (Lipinski definition) is 4. The van der Waals surface area contributed by atoms with Gasteiger partial charge in [0.05, 0.1) is 4.90 Å². The summed E-state index contributed by atoms with van der Waals surface area (Å²) in [6.45, 7) is 1.97. The summed E-state index contributed by atoms with van der Waals surface area (Å²) in [5.74, 6) is -0.671. The second kappa shape index (κ2) is 5.60. The van der Waals surface area contributed by atoms with E-state index in [0.29, 0.717) is 6.54 Å². The van der Waals surface area contributed by atoms with Gasteiger partial charge in [0.2, 0.25) is 0 Å². The maximum atomic E-state index is 11.7. The van der Waals surface area contributed by atoms with Crippen molar-refractivity contribution in [1.29, 1.82) is 0 Å². The first-order valence-electron chi connectivity index (χ1n) is 4.98. The minimum atomic E-state index is -3.80. The van der Waals surface area contributed by atoms with E-state index in [1.807, 2.05) is 4.72 Å². The van der Waals surface area contributed by atoms with E-state index in [-0.39, 0.29) is 4.90 Å². The van der Waals surface area contributed by atoms with Gasteiger partial charge in [-0.15, -0.1) is 0 Å². The van der Waals surface area contributed by atoms with Gasteiger partial charge in [-0.25, -0.2) is 13.1 Å². The SMILES string of the molecule is C/C=C/C(=O)NS(=O)(=O)c1ccc(CN)cc1. The summed E-state index contributed by atoms with van der Waals surface area (Å²) in [7, 11) is -3.80. The lowest BCUT2D eigenvalue weighted by atomic mass is 10.2. The Morgan fingerprint density at radius 2 is 1.94 bits per heavy atom. The number of nitrogens with one attached hydrogen (secondary N) is 1. The number of nitrogens with two attached hydrogens (primary N) is 1. The van der Waals surface area contributed by atoms with Crippen LogP contribution in [0.2, 0.25) is 0 Å². The molecule has 0 heterocycles. The van der Waals surface area contributed by atoms with Crippen LogP contribution in [0.15, 0.2) is 41.3 Å². The fourth-order valence-corrected chi connectivity index (χ4v) is 2.13. The molecule has 1 amide bonds. The summed E-state index contributed by atoms with van der Waals surface area (Å²) in [5, 5.41) is 0. The van der Waals surface area contributed by atoms with Crippen LogP contribution in [0.3, 0.4) is 0 Å². The normalized spacial score (nSPS) is 11.6. The molecule has 0 bridgehead atoms. The molecule has 3 N–H and O–H groups in total. The number of amides is 1. The van der Waals surface area contributed by atoms with E-state index >= 15 is 0 Å². The number of carbonyl (C=O) groups excluding carboxylic acids is 1. The highest BCUT2D eigenvalue weighted by atomic mass is 32.2. The fourth-order valence-electron chi connectivity index (χ4n) is 1.18. The second-order valence-electron chi connectivity index (χ2n) is 3.32. The van der Waals surface area contributed by atoms with Gasteiger partial charge in [0.1, 0.15) is 0 Å². The van der Waals surface area contributed by atoms with Gasteiger partial charge in [0.15, 0.2) is 0 Å². The van der Waals surface area contributed by atoms with Gasteiger partial charge < -0.3 is 5.73 Å². The quantitative estimate of drug-likeness (QED) is 0.767. The number of carbonyl (C=O) groups is 1. The van der Waals surface area contributed by atoms with Crippen LogP contribution in [-0.2, 0) is 21.4 Å². The predicted molar refractivity (Wildman–Crippen MR) is 64.5 cm³/mol. The smallest absolute Gasteiger partial charge is 0.264 e. The highest BCUT2D eigenvalue weighted by Crippen LogP contribution is 2.10. The van der Waals surface area contributed by atoms with Gasteiger partial charge in [-0.1, -0.05) is 18.2 Å². The van der Waals surface area contributed by atoms with E-state index < -0.39 is 15.9 Å². The molecule has 0 radical (unpaired) electrons. The van der Waals surface area contributed by atoms with Gasteiger partial charge in [-0.05, 0) is 30.7 Å². The van der Waals surface area contributed by atoms with E-state index in [1.165, 1.54) is 18.2 Å². The van der Waals surface area contributed by atoms with Crippen molar-refractivity contribution in [2.24, 2.45) is 5.73 Å². The first-order valence-corrected chi connectivity index (χ1v) is 6.46. The zero-order chi connectivity index (χ0) is 12.9. The Bertz CT molecular complexity index is 518. The van der Waals surface area contributed by atoms with Gasteiger partial charge in [-0.3, -0.25) is 4.79 Å². The van der Waals surface area contributed by atoms with Crippen LogP contribution in [0.1, 0.15) is 12.5 Å². The highest BCUT2D eigenvalue weighted by Gasteiger charge is 2.15. The first-order chi connectivity index (χ1) is 7.99. The summed E-state index contributed by atoms with van der Waals surface area (Å²) in [6.07, 6.45) is 2.61. The van der Waals surface area contributed by atoms with Gasteiger partial charge in [0.25, 0.3) is 15.9 Å². The van der Waals surface area contributed by atoms with Crippen LogP contribution in [0.4, 0.5) is 0 Å². The Labute approximate surface area is 100 Å². The summed E-state index contributed by atoms with van der Waals surface area (Å²) < 4.78 is 25.4. The van der Waals surface area contributed by atoms with Crippen molar-refractivity contribution >= 4 is 15.9 Å². The molecule has 0 aliphatic carbocycles. The Morgan fingerprint density at radius 3 is 2.41 bits per heavy atom. The lowest BCUT2D eigenvalue weighted by molar-refractivity contribution is -0.114. The summed E-state index contributed by atoms with van der Waals surface area (Å²) in [4.78, 5) is 11.2. The maximum Gasteiger partial charge on any atom is 0.264 e. The van der Waals surface area contributed by atoms with Crippen LogP contribution in [-0.4, -0.2) is 14.3 Å². The Kier molecular flexibility index (Phi) is 4.42. The molecule has 0 atom stereocenters. The van der Waals surface area contributed by atoms with E-state index in [9.17, 15) is 13.2 Å². The monoisotopic (exact) mass is 254 g/mol. The Morgan fingerprint density at radius 1 is 1.35 bits per heavy atom. The molecular formula is C11H14N2O3S. The molecule has 92 valence electrons. The molecule has 1 aromatic rings. The number of rotatable bonds is 4. The Balaban J connectivity index is 2.93. The molecule has 0 fully saturated rings. The highest BCUT2D eigenvalue weighted by molar-refractivity contribution is 7.90. The largest absolute Gasteiger partial charge is 0.326 e. The minimum absolute atomic E-state index is 0.0348. The van der Waals surface area contributed by atoms with Gasteiger partial charge in [0, 0.05) is 6.54 Å². The van der Waals surface area contributed by atoms with Crippen molar-refractivity contribution in [1.82, 2.24) is 4.72 Å². The van der Waals surface area contributed by atoms with Crippen LogP contribution < -0.4 is 10.5 Å². The van der Waals surface area contributed by atoms with Crippen LogP contribution in [0, 0.1) is 0 Å². The molecule has 1 rings (SSSR count). The number of sulfonamides is 1. The molecule has 0 saturated carbocycles. The Hall–Kier alpha value is -1.66. The van der Waals surface area contributed by atoms with Gasteiger partial charge >= 0.3 is 0 Å². The third kappa shape index (κ3) is 3.69. The molecule has 0 saturated heterocycles. The summed E-state index contributed by atoms with van der Waals surface area (Å²) in [6, 6.07) is 6.03. The number of hydrogen-bond donors (Lipinski definition) is 2. The zero-order valence-electron chi connectivity index (χ0n) is 9.38. The van der Waals surface area contributed by atoms with Crippen LogP contribution >= 0.6 is 0 Å². The molecular weight excluding hydrogens is 240 g/mol. The average Bonchev–Trinajstić information content (AvgIpc) is 2.28. The topological polar surface area (TPSA) is 89.3 Å². The molecule has 0 aliphatic rings. The number of allylic oxidation sites excluding steroid dienone is 1. The van der Waals surface area contributed by atoms with Crippen molar-refractivity contribution in [2.75, 3.05) is 0 Å². The molecule has 0 aliphatic heterocycles. The zero-order valence-corrected chi connectivity index (χ0v) is 10.2. The van der Waals surface area contributed by atoms with Crippen molar-refractivity contribution < 1.29 is 13.2 Å². The minimum Gasteiger partial charge on any atom is -0.326 e. The summed E-state index contributed by atoms with van der Waals surface area (Å²) >= 11 is 0. The lowest BCUT2D eigenvalue weighted by Crippen LogP contribution is -2.28. The summed E-state index contributed by atoms with van der Waals surface area (Å²) in [5.41, 5.74) is 6.22. The molecule has 0 aromatic heterocycles. The van der Waals surface area contributed by atoms with E-state index in [0.717, 1.165) is 11.6 Å². The predicted octanol–water partition coefficient (Wildman–Crippen LogP) is 0.526. The van der Waals surface area contributed by atoms with Crippen molar-refractivity contribution in [3.05, 3.63) is 42.0 Å². The van der Waals surface area contributed by atoms with E-state index in [1.54, 1.807) is 19.1 Å². The van der Waals surface area contributed by atoms with Gasteiger partial charge in [-0.2, -0.15) is 0 Å². The average molecular weight is 254 g/mol. The molecule has 5 nitrogen and oxygen atoms in total. The lowest BCUT2D eigenvalue weighted by Gasteiger charge is -2.05. The van der Waals surface area contributed by atoms with E-state index in [4.69, 9.17) is 5.73 Å². The van der Waals surface area contributed by atoms with Crippen molar-refractivity contribution in [3.8, 4) is 0 Å². The molecule has 6 heteroatoms. The molecule has 0 spiro atoms. The third-order valence-corrected chi connectivity index (χ3v) is 3.39. The van der Waals surface area contributed by atoms with Crippen molar-refractivity contribution in [3.63, 3.8) is 0 Å². The second-order valence-corrected chi connectivity index (χ2v) is 5.00. The maximum absolute atomic E-state index is 11.7. The third-order valence-electron chi connectivity index (χ3n) is 2.02. The van der Waals surface area contributed by atoms with Crippen LogP contribution in [0.25, 0.3) is 0 Å². The molecule has 1 aromatic carbocycles. The van der Waals surface area contributed by atoms with Crippen molar-refractivity contribution in [2.45, 2.75) is 18.4 Å². The molecule has 17 heavy (non-hydrogen) atoms. The standard InChI is InChI=1S/C11H14N2O3S/c1-2-3-11(14)13-17(15,16)10-6-4-9(8-12)5-7-10/h2-7H,8,12H2,1H3,(H,13,14)/b3-2+. The first kappa shape index (κ1) is 13.4. The van der Waals surface area contributed by atoms with Crippen LogP contribution in [0.5, 0.6) is 0 Å². The molecule has 0 unspecified atom stereocenters.